The van der Waals surface area contributed by atoms with E-state index in [4.69, 9.17) is 29.2 Å². The summed E-state index contributed by atoms with van der Waals surface area (Å²) in [5.41, 5.74) is 5.87. The normalized spacial score (nSPS) is 19.4. The van der Waals surface area contributed by atoms with E-state index in [9.17, 15) is 69.6 Å². The molecule has 20 heteroatoms. The Morgan fingerprint density at radius 2 is 1.00 bits per heavy atom. The first-order valence-corrected chi connectivity index (χ1v) is 26.6. The summed E-state index contributed by atoms with van der Waals surface area (Å²) < 4.78 is 20.5. The first-order valence-electron chi connectivity index (χ1n) is 26.6. The Bertz CT molecular complexity index is 2460. The Morgan fingerprint density at radius 3 is 1.44 bits per heavy atom. The highest BCUT2D eigenvalue weighted by atomic mass is 16.6. The van der Waals surface area contributed by atoms with Crippen LogP contribution >= 0.6 is 0 Å². The van der Waals surface area contributed by atoms with Gasteiger partial charge in [0.15, 0.2) is 24.3 Å². The fourth-order valence-corrected chi connectivity index (χ4v) is 8.24. The molecule has 10 unspecified atom stereocenters. The lowest BCUT2D eigenvalue weighted by Crippen LogP contribution is -2.47. The van der Waals surface area contributed by atoms with Gasteiger partial charge in [-0.25, -0.2) is 0 Å². The summed E-state index contributed by atoms with van der Waals surface area (Å²) in [4.78, 5) is 74.9. The molecule has 1 aliphatic rings. The molecule has 452 valence electrons. The summed E-state index contributed by atoms with van der Waals surface area (Å²) in [7, 11) is 0. The second-order valence-corrected chi connectivity index (χ2v) is 21.5. The Hall–Kier alpha value is -6.04. The van der Waals surface area contributed by atoms with Gasteiger partial charge in [-0.2, -0.15) is 0 Å². The van der Waals surface area contributed by atoms with Gasteiger partial charge in [-0.15, -0.1) is 0 Å². The average Bonchev–Trinajstić information content (AvgIpc) is 3.46. The number of hydrogen-bond donors (Lipinski definition) is 10. The third kappa shape index (κ3) is 27.1. The smallest absolute Gasteiger partial charge is 0.307 e. The maximum atomic E-state index is 13.3. The highest BCUT2D eigenvalue weighted by molar-refractivity contribution is 6.01. The molecule has 0 heterocycles. The molecular formula is C61H88O20. The van der Waals surface area contributed by atoms with Crippen LogP contribution in [-0.4, -0.2) is 174 Å². The van der Waals surface area contributed by atoms with Gasteiger partial charge >= 0.3 is 23.9 Å². The quantitative estimate of drug-likeness (QED) is 0.0187. The number of esters is 4. The van der Waals surface area contributed by atoms with Crippen molar-refractivity contribution in [3.63, 3.8) is 0 Å². The van der Waals surface area contributed by atoms with Crippen molar-refractivity contribution in [3.05, 3.63) is 130 Å². The van der Waals surface area contributed by atoms with E-state index in [0.29, 0.717) is 11.9 Å². The van der Waals surface area contributed by atoms with Crippen molar-refractivity contribution in [1.82, 2.24) is 0 Å². The molecule has 0 radical (unpaired) electrons. The summed E-state index contributed by atoms with van der Waals surface area (Å²) in [5.74, 6) is -3.81. The van der Waals surface area contributed by atoms with Crippen LogP contribution in [0, 0.1) is 10.8 Å². The van der Waals surface area contributed by atoms with Crippen LogP contribution in [-0.2, 0) is 47.7 Å². The van der Waals surface area contributed by atoms with Crippen molar-refractivity contribution < 1.29 is 98.8 Å². The summed E-state index contributed by atoms with van der Waals surface area (Å²) in [6, 6.07) is 0. The Balaban J connectivity index is 2.78. The fourth-order valence-electron chi connectivity index (χ4n) is 8.24. The number of carbonyl (C=O) groups excluding carboxylic acids is 6. The lowest BCUT2D eigenvalue weighted by Gasteiger charge is -2.36. The second kappa shape index (κ2) is 36.4. The first-order chi connectivity index (χ1) is 37.8. The van der Waals surface area contributed by atoms with Crippen molar-refractivity contribution in [2.45, 2.75) is 176 Å². The van der Waals surface area contributed by atoms with Crippen LogP contribution in [0.2, 0.25) is 0 Å². The number of carbonyl (C=O) groups is 6. The number of aliphatic hydroxyl groups excluding tert-OH is 10. The molecule has 1 rings (SSSR count). The van der Waals surface area contributed by atoms with Gasteiger partial charge in [-0.3, -0.25) is 28.8 Å². The number of ketones is 1. The van der Waals surface area contributed by atoms with Gasteiger partial charge in [-0.1, -0.05) is 141 Å². The number of aliphatic hydroxyl groups is 10. The Kier molecular flexibility index (Phi) is 32.8. The molecule has 0 aromatic heterocycles. The maximum absolute atomic E-state index is 13.3. The summed E-state index contributed by atoms with van der Waals surface area (Å²) >= 11 is 0. The minimum Gasteiger partial charge on any atom is -0.463 e. The third-order valence-corrected chi connectivity index (χ3v) is 13.0. The average molecular weight is 1140 g/mol. The molecule has 10 atom stereocenters. The standard InChI is InChI=1S/C61H88O20/c1-37(2)44(60(8,9)30-43(32-62)80-53(71)28-26-51(69)78-35-48(67)58(76)56(74)46(65)33-63)24-22-40(5)20-14-18-38(3)16-12-13-17-39(4)19-15-21-41(6)23-25-45-42(7)55(73)50(31-61(45,10)11)81-54(72)29-27-52(70)79-36-49(68)59(77)57(75)47(66)34-64/h12-25,32,43,46-50,56-59,63-68,74-77H,26-31,33-36H2,1-11H3/b13-12+,18-14+,19-15+,24-22+,25-23+,38-16+,39-17+,40-20+,41-21+. The molecule has 10 N–H and O–H groups in total. The number of ether oxygens (including phenoxy) is 4. The van der Waals surface area contributed by atoms with Crippen molar-refractivity contribution in [2.75, 3.05) is 26.4 Å². The SMILES string of the molecule is CC(C)=C(/C=C/C(C)=C/C=C/C(C)=C/C=C/C=C(C)/C=C/C=C(C)/C=C/C1=C(C)C(=O)C(OC(=O)CCC(=O)OCC(O)C(O)C(O)C(O)CO)CC1(C)C)C(C)(C)CC(C=O)OC(=O)CCC(=O)OCC(O)C(O)C(O)C(O)CO. The van der Waals surface area contributed by atoms with E-state index in [1.165, 1.54) is 0 Å². The molecule has 0 saturated heterocycles. The highest BCUT2D eigenvalue weighted by Gasteiger charge is 2.40. The minimum atomic E-state index is -1.92. The molecule has 0 bridgehead atoms. The van der Waals surface area contributed by atoms with Crippen molar-refractivity contribution in [2.24, 2.45) is 10.8 Å². The molecule has 0 fully saturated rings. The zero-order valence-corrected chi connectivity index (χ0v) is 48.6. The highest BCUT2D eigenvalue weighted by Crippen LogP contribution is 2.41. The van der Waals surface area contributed by atoms with E-state index in [1.807, 2.05) is 154 Å². The zero-order chi connectivity index (χ0) is 61.8. The minimum absolute atomic E-state index is 0.151. The van der Waals surface area contributed by atoms with E-state index >= 15 is 0 Å². The monoisotopic (exact) mass is 1140 g/mol. The van der Waals surface area contributed by atoms with Crippen LogP contribution in [0.25, 0.3) is 0 Å². The molecular weight excluding hydrogens is 1050 g/mol. The fraction of sp³-hybridized carbons (Fsp3) is 0.541. The van der Waals surface area contributed by atoms with Gasteiger partial charge in [0.2, 0.25) is 0 Å². The van der Waals surface area contributed by atoms with E-state index < -0.39 is 148 Å². The van der Waals surface area contributed by atoms with Gasteiger partial charge in [0.1, 0.15) is 62.0 Å². The molecule has 0 aromatic carbocycles. The number of Topliss-reactive ketones (excluding diaryl/α,β-unsaturated/α-hetero) is 1. The van der Waals surface area contributed by atoms with E-state index in [2.05, 4.69) is 0 Å². The second-order valence-electron chi connectivity index (χ2n) is 21.5. The van der Waals surface area contributed by atoms with Crippen LogP contribution < -0.4 is 0 Å². The topological polar surface area (TPSA) is 342 Å². The predicted octanol–water partition coefficient (Wildman–Crippen LogP) is 4.16. The molecule has 0 spiro atoms. The van der Waals surface area contributed by atoms with Crippen molar-refractivity contribution in [1.29, 1.82) is 0 Å². The summed E-state index contributed by atoms with van der Waals surface area (Å²) in [6.07, 6.45) is 9.55. The number of hydrogen-bond acceptors (Lipinski definition) is 20. The Morgan fingerprint density at radius 1 is 0.593 bits per heavy atom. The van der Waals surface area contributed by atoms with Gasteiger partial charge < -0.3 is 70.0 Å². The number of aldehydes is 1. The van der Waals surface area contributed by atoms with E-state index in [0.717, 1.165) is 39.0 Å². The predicted molar refractivity (Wildman–Crippen MR) is 302 cm³/mol. The van der Waals surface area contributed by atoms with Crippen molar-refractivity contribution >= 4 is 35.9 Å². The van der Waals surface area contributed by atoms with Crippen LogP contribution in [0.3, 0.4) is 0 Å². The Labute approximate surface area is 475 Å². The van der Waals surface area contributed by atoms with E-state index in [1.54, 1.807) is 6.92 Å². The van der Waals surface area contributed by atoms with Crippen molar-refractivity contribution in [3.8, 4) is 0 Å². The zero-order valence-electron chi connectivity index (χ0n) is 48.6. The molecule has 20 nitrogen and oxygen atoms in total. The summed E-state index contributed by atoms with van der Waals surface area (Å²) in [5, 5.41) is 95.6. The molecule has 0 aliphatic heterocycles. The van der Waals surface area contributed by atoms with Gasteiger partial charge in [0.25, 0.3) is 0 Å². The van der Waals surface area contributed by atoms with Gasteiger partial charge in [-0.05, 0) is 76.0 Å². The van der Waals surface area contributed by atoms with E-state index in [-0.39, 0.29) is 18.6 Å². The molecule has 0 amide bonds. The molecule has 1 aliphatic carbocycles. The molecule has 0 aromatic rings. The van der Waals surface area contributed by atoms with Gasteiger partial charge in [0, 0.05) is 12.8 Å². The number of rotatable bonds is 34. The largest absolute Gasteiger partial charge is 0.463 e. The maximum Gasteiger partial charge on any atom is 0.307 e. The van der Waals surface area contributed by atoms with Crippen LogP contribution in [0.1, 0.15) is 115 Å². The molecule has 81 heavy (non-hydrogen) atoms. The third-order valence-electron chi connectivity index (χ3n) is 13.0. The lowest BCUT2D eigenvalue weighted by atomic mass is 9.71. The molecule has 0 saturated carbocycles. The van der Waals surface area contributed by atoms with Crippen LogP contribution in [0.4, 0.5) is 0 Å². The van der Waals surface area contributed by atoms with Crippen LogP contribution in [0.15, 0.2) is 130 Å². The number of allylic oxidation sites excluding steroid dienone is 21. The summed E-state index contributed by atoms with van der Waals surface area (Å²) in [6.45, 7) is 17.9. The first kappa shape index (κ1) is 73.0. The van der Waals surface area contributed by atoms with Gasteiger partial charge in [0.05, 0.1) is 38.9 Å². The van der Waals surface area contributed by atoms with Crippen LogP contribution in [0.5, 0.6) is 0 Å². The lowest BCUT2D eigenvalue weighted by molar-refractivity contribution is -0.161.